The van der Waals surface area contributed by atoms with Crippen molar-refractivity contribution < 1.29 is 13.2 Å². The van der Waals surface area contributed by atoms with Gasteiger partial charge in [0.2, 0.25) is 0 Å². The molecule has 0 spiro atoms. The number of carbonyl (C=O) groups is 1. The molecule has 2 heterocycles. The van der Waals surface area contributed by atoms with E-state index in [9.17, 15) is 18.5 Å². The predicted octanol–water partition coefficient (Wildman–Crippen LogP) is 3.06. The van der Waals surface area contributed by atoms with E-state index in [2.05, 4.69) is 10.4 Å². The van der Waals surface area contributed by atoms with Gasteiger partial charge in [0.25, 0.3) is 5.91 Å². The van der Waals surface area contributed by atoms with E-state index in [1.54, 1.807) is 42.8 Å². The smallest absolute Gasteiger partial charge is 0.266 e. The highest BCUT2D eigenvalue weighted by Crippen LogP contribution is 2.28. The van der Waals surface area contributed by atoms with Crippen LogP contribution >= 0.6 is 11.6 Å². The van der Waals surface area contributed by atoms with E-state index >= 15 is 0 Å². The monoisotopic (exact) mass is 418 g/mol. The largest absolute Gasteiger partial charge is 0.320 e. The molecule has 1 amide bonds. The molecule has 1 aromatic heterocycles. The number of aryl methyl sites for hydroxylation is 1. The summed E-state index contributed by atoms with van der Waals surface area (Å²) in [6.45, 7) is 3.57. The van der Waals surface area contributed by atoms with Crippen molar-refractivity contribution in [1.29, 1.82) is 5.26 Å². The fraction of sp³-hybridized carbons (Fsp3) is 0.316. The molecule has 0 radical (unpaired) electrons. The van der Waals surface area contributed by atoms with Crippen LogP contribution in [0.15, 0.2) is 29.8 Å². The molecule has 1 aromatic carbocycles. The first-order chi connectivity index (χ1) is 13.2. The van der Waals surface area contributed by atoms with Crippen molar-refractivity contribution in [3.63, 3.8) is 0 Å². The lowest BCUT2D eigenvalue weighted by molar-refractivity contribution is -0.112. The molecule has 0 saturated carbocycles. The van der Waals surface area contributed by atoms with Crippen LogP contribution in [0, 0.1) is 25.2 Å². The van der Waals surface area contributed by atoms with Crippen LogP contribution in [0.4, 0.5) is 5.69 Å². The van der Waals surface area contributed by atoms with Crippen molar-refractivity contribution in [3.8, 4) is 6.07 Å². The van der Waals surface area contributed by atoms with Gasteiger partial charge in [-0.3, -0.25) is 9.48 Å². The highest BCUT2D eigenvalue weighted by molar-refractivity contribution is 7.91. The van der Waals surface area contributed by atoms with Crippen molar-refractivity contribution in [3.05, 3.63) is 51.8 Å². The van der Waals surface area contributed by atoms with Crippen LogP contribution < -0.4 is 5.32 Å². The van der Waals surface area contributed by atoms with Crippen LogP contribution in [0.3, 0.4) is 0 Å². The number of nitrogens with zero attached hydrogens (tertiary/aromatic N) is 3. The summed E-state index contributed by atoms with van der Waals surface area (Å²) in [5, 5.41) is 16.9. The summed E-state index contributed by atoms with van der Waals surface area (Å²) in [7, 11) is -3.05. The SMILES string of the molecule is Cc1nn([C@@H]2CCS(=O)(=O)C2)c(C)c1/C=C(\C#N)C(=O)Nc1ccccc1Cl. The molecule has 1 fully saturated rings. The maximum atomic E-state index is 12.5. The number of benzene rings is 1. The molecule has 1 N–H and O–H groups in total. The van der Waals surface area contributed by atoms with Crippen LogP contribution in [-0.2, 0) is 14.6 Å². The number of aromatic nitrogens is 2. The Labute approximate surface area is 168 Å². The Hall–Kier alpha value is -2.63. The molecule has 9 heteroatoms. The van der Waals surface area contributed by atoms with E-state index in [1.165, 1.54) is 6.08 Å². The first-order valence-corrected chi connectivity index (χ1v) is 10.9. The molecule has 0 unspecified atom stereocenters. The second-order valence-corrected chi connectivity index (χ2v) is 9.33. The Morgan fingerprint density at radius 3 is 2.71 bits per heavy atom. The van der Waals surface area contributed by atoms with Gasteiger partial charge in [0.1, 0.15) is 11.6 Å². The molecule has 1 aliphatic rings. The molecule has 7 nitrogen and oxygen atoms in total. The highest BCUT2D eigenvalue weighted by atomic mass is 35.5. The molecule has 1 atom stereocenters. The quantitative estimate of drug-likeness (QED) is 0.606. The molecule has 0 aliphatic carbocycles. The van der Waals surface area contributed by atoms with E-state index in [0.29, 0.717) is 28.4 Å². The summed E-state index contributed by atoms with van der Waals surface area (Å²) >= 11 is 6.05. The summed E-state index contributed by atoms with van der Waals surface area (Å²) < 4.78 is 25.2. The molecule has 2 aromatic rings. The number of hydrogen-bond acceptors (Lipinski definition) is 5. The number of sulfone groups is 1. The fourth-order valence-corrected chi connectivity index (χ4v) is 5.13. The Morgan fingerprint density at radius 1 is 1.39 bits per heavy atom. The molecule has 28 heavy (non-hydrogen) atoms. The van der Waals surface area contributed by atoms with Crippen molar-refractivity contribution in [2.75, 3.05) is 16.8 Å². The van der Waals surface area contributed by atoms with Crippen LogP contribution in [-0.4, -0.2) is 35.6 Å². The number of nitrogens with one attached hydrogen (secondary N) is 1. The highest BCUT2D eigenvalue weighted by Gasteiger charge is 2.31. The van der Waals surface area contributed by atoms with E-state index < -0.39 is 15.7 Å². The number of nitriles is 1. The maximum Gasteiger partial charge on any atom is 0.266 e. The zero-order valence-electron chi connectivity index (χ0n) is 15.4. The Kier molecular flexibility index (Phi) is 5.59. The van der Waals surface area contributed by atoms with Crippen LogP contribution in [0.5, 0.6) is 0 Å². The molecular weight excluding hydrogens is 400 g/mol. The lowest BCUT2D eigenvalue weighted by atomic mass is 10.1. The second kappa shape index (κ2) is 7.78. The second-order valence-electron chi connectivity index (χ2n) is 6.69. The van der Waals surface area contributed by atoms with E-state index in [4.69, 9.17) is 11.6 Å². The first kappa shape index (κ1) is 20.1. The third kappa shape index (κ3) is 4.11. The third-order valence-electron chi connectivity index (χ3n) is 4.71. The van der Waals surface area contributed by atoms with Gasteiger partial charge in [0.15, 0.2) is 9.84 Å². The van der Waals surface area contributed by atoms with Gasteiger partial charge in [0, 0.05) is 11.3 Å². The maximum absolute atomic E-state index is 12.5. The number of anilines is 1. The molecule has 3 rings (SSSR count). The minimum absolute atomic E-state index is 0.0518. The topological polar surface area (TPSA) is 105 Å². The first-order valence-electron chi connectivity index (χ1n) is 8.65. The van der Waals surface area contributed by atoms with Crippen LogP contribution in [0.2, 0.25) is 5.02 Å². The van der Waals surface area contributed by atoms with Crippen LogP contribution in [0.25, 0.3) is 6.08 Å². The van der Waals surface area contributed by atoms with Crippen LogP contribution in [0.1, 0.15) is 29.4 Å². The number of halogens is 1. The number of para-hydroxylation sites is 1. The Balaban J connectivity index is 1.90. The molecule has 146 valence electrons. The average Bonchev–Trinajstić information content (AvgIpc) is 3.14. The van der Waals surface area contributed by atoms with Gasteiger partial charge in [-0.25, -0.2) is 8.42 Å². The van der Waals surface area contributed by atoms with Gasteiger partial charge >= 0.3 is 0 Å². The number of rotatable bonds is 4. The standard InChI is InChI=1S/C19H19ClN4O3S/c1-12-16(13(2)24(23-12)15-7-8-28(26,27)11-15)9-14(10-21)19(25)22-18-6-4-3-5-17(18)20/h3-6,9,15H,7-8,11H2,1-2H3,(H,22,25)/b14-9+/t15-/m1/s1. The van der Waals surface area contributed by atoms with E-state index in [1.807, 2.05) is 6.07 Å². The molecule has 0 bridgehead atoms. The summed E-state index contributed by atoms with van der Waals surface area (Å²) in [4.78, 5) is 12.5. The van der Waals surface area contributed by atoms with Gasteiger partial charge in [0.05, 0.1) is 34.0 Å². The number of amides is 1. The minimum Gasteiger partial charge on any atom is -0.320 e. The fourth-order valence-electron chi connectivity index (χ4n) is 3.25. The summed E-state index contributed by atoms with van der Waals surface area (Å²) in [5.41, 5.74) is 2.30. The molecule has 1 aliphatic heterocycles. The predicted molar refractivity (Wildman–Crippen MR) is 108 cm³/mol. The van der Waals surface area contributed by atoms with E-state index in [-0.39, 0.29) is 23.1 Å². The average molecular weight is 419 g/mol. The number of hydrogen-bond donors (Lipinski definition) is 1. The third-order valence-corrected chi connectivity index (χ3v) is 6.79. The summed E-state index contributed by atoms with van der Waals surface area (Å²) in [6, 6.07) is 8.43. The van der Waals surface area contributed by atoms with Gasteiger partial charge in [-0.1, -0.05) is 23.7 Å². The molecule has 1 saturated heterocycles. The summed E-state index contributed by atoms with van der Waals surface area (Å²) in [5.74, 6) is -0.383. The van der Waals surface area contributed by atoms with Crippen molar-refractivity contribution in [2.24, 2.45) is 0 Å². The van der Waals surface area contributed by atoms with Crippen molar-refractivity contribution >= 4 is 39.1 Å². The zero-order valence-corrected chi connectivity index (χ0v) is 17.0. The van der Waals surface area contributed by atoms with E-state index in [0.717, 1.165) is 5.69 Å². The lowest BCUT2D eigenvalue weighted by Gasteiger charge is -2.11. The van der Waals surface area contributed by atoms with Crippen molar-refractivity contribution in [2.45, 2.75) is 26.3 Å². The number of carbonyl (C=O) groups excluding carboxylic acids is 1. The minimum atomic E-state index is -3.05. The van der Waals surface area contributed by atoms with Gasteiger partial charge in [-0.2, -0.15) is 10.4 Å². The van der Waals surface area contributed by atoms with Crippen molar-refractivity contribution in [1.82, 2.24) is 9.78 Å². The van der Waals surface area contributed by atoms with Gasteiger partial charge in [-0.05, 0) is 38.5 Å². The molecular formula is C19H19ClN4O3S. The van der Waals surface area contributed by atoms with Gasteiger partial charge in [-0.15, -0.1) is 0 Å². The normalized spacial score (nSPS) is 18.6. The summed E-state index contributed by atoms with van der Waals surface area (Å²) in [6.07, 6.45) is 1.98. The van der Waals surface area contributed by atoms with Gasteiger partial charge < -0.3 is 5.32 Å². The Bertz CT molecular complexity index is 1110. The lowest BCUT2D eigenvalue weighted by Crippen LogP contribution is -2.14. The Morgan fingerprint density at radius 2 is 2.11 bits per heavy atom. The zero-order chi connectivity index (χ0) is 20.5.